The predicted molar refractivity (Wildman–Crippen MR) is 112 cm³/mol. The number of hydrogen-bond donors (Lipinski definition) is 3. The van der Waals surface area contributed by atoms with Crippen LogP contribution >= 0.6 is 0 Å². The lowest BCUT2D eigenvalue weighted by Gasteiger charge is -2.20. The highest BCUT2D eigenvalue weighted by atomic mass is 16.5. The second kappa shape index (κ2) is 11.3. The molecule has 1 aromatic carbocycles. The molecular formula is C20H34N4O4. The number of carbonyl (C=O) groups is 1. The summed E-state index contributed by atoms with van der Waals surface area (Å²) in [5, 5.41) is 9.27. The van der Waals surface area contributed by atoms with Crippen LogP contribution in [0.25, 0.3) is 0 Å². The van der Waals surface area contributed by atoms with Crippen LogP contribution in [0.15, 0.2) is 17.1 Å². The number of ether oxygens (including phenoxy) is 3. The minimum Gasteiger partial charge on any atom is -0.496 e. The molecule has 3 N–H and O–H groups in total. The van der Waals surface area contributed by atoms with Gasteiger partial charge in [0, 0.05) is 36.3 Å². The van der Waals surface area contributed by atoms with Gasteiger partial charge >= 0.3 is 0 Å². The number of methoxy groups -OCH3 is 3. The van der Waals surface area contributed by atoms with E-state index in [1.54, 1.807) is 21.3 Å². The third kappa shape index (κ3) is 7.94. The lowest BCUT2D eigenvalue weighted by molar-refractivity contribution is -0.121. The van der Waals surface area contributed by atoms with E-state index in [9.17, 15) is 4.79 Å². The summed E-state index contributed by atoms with van der Waals surface area (Å²) in [5.74, 6) is 2.53. The Bertz CT molecular complexity index is 644. The first kappa shape index (κ1) is 23.4. The third-order valence-corrected chi connectivity index (χ3v) is 3.72. The number of benzene rings is 1. The smallest absolute Gasteiger partial charge is 0.242 e. The van der Waals surface area contributed by atoms with E-state index in [1.807, 2.05) is 39.8 Å². The number of carbonyl (C=O) groups excluding carboxylic acids is 1. The number of amides is 1. The van der Waals surface area contributed by atoms with Crippen LogP contribution in [0.4, 0.5) is 0 Å². The van der Waals surface area contributed by atoms with Gasteiger partial charge in [0.2, 0.25) is 5.91 Å². The molecule has 0 aliphatic carbocycles. The van der Waals surface area contributed by atoms with E-state index in [0.717, 1.165) is 5.56 Å². The molecule has 158 valence electrons. The van der Waals surface area contributed by atoms with Crippen molar-refractivity contribution in [2.24, 2.45) is 4.99 Å². The quantitative estimate of drug-likeness (QED) is 0.436. The van der Waals surface area contributed by atoms with Crippen molar-refractivity contribution >= 4 is 11.9 Å². The molecule has 1 amide bonds. The summed E-state index contributed by atoms with van der Waals surface area (Å²) in [4.78, 5) is 16.3. The highest BCUT2D eigenvalue weighted by molar-refractivity contribution is 5.85. The molecule has 0 saturated carbocycles. The molecule has 0 bridgehead atoms. The van der Waals surface area contributed by atoms with Crippen LogP contribution in [0.2, 0.25) is 0 Å². The molecule has 8 heteroatoms. The van der Waals surface area contributed by atoms with E-state index in [-0.39, 0.29) is 18.0 Å². The number of hydrogen-bond acceptors (Lipinski definition) is 5. The van der Waals surface area contributed by atoms with Gasteiger partial charge in [0.25, 0.3) is 0 Å². The fourth-order valence-electron chi connectivity index (χ4n) is 2.58. The molecule has 8 nitrogen and oxygen atoms in total. The molecule has 0 radical (unpaired) electrons. The molecule has 0 aliphatic rings. The summed E-state index contributed by atoms with van der Waals surface area (Å²) in [6.45, 7) is 9.13. The fraction of sp³-hybridized carbons (Fsp3) is 0.600. The van der Waals surface area contributed by atoms with Crippen molar-refractivity contribution in [3.8, 4) is 17.2 Å². The van der Waals surface area contributed by atoms with Crippen molar-refractivity contribution in [3.63, 3.8) is 0 Å². The van der Waals surface area contributed by atoms with Crippen LogP contribution in [-0.4, -0.2) is 58.4 Å². The van der Waals surface area contributed by atoms with Crippen molar-refractivity contribution in [3.05, 3.63) is 17.7 Å². The number of rotatable bonds is 9. The van der Waals surface area contributed by atoms with Gasteiger partial charge in [-0.05, 0) is 34.1 Å². The van der Waals surface area contributed by atoms with Gasteiger partial charge in [-0.2, -0.15) is 0 Å². The van der Waals surface area contributed by atoms with Gasteiger partial charge in [-0.3, -0.25) is 4.79 Å². The van der Waals surface area contributed by atoms with E-state index in [1.165, 1.54) is 0 Å². The van der Waals surface area contributed by atoms with Crippen LogP contribution in [0.5, 0.6) is 17.2 Å². The summed E-state index contributed by atoms with van der Waals surface area (Å²) >= 11 is 0. The Morgan fingerprint density at radius 1 is 1.04 bits per heavy atom. The molecule has 0 spiro atoms. The molecule has 28 heavy (non-hydrogen) atoms. The summed E-state index contributed by atoms with van der Waals surface area (Å²) in [5.41, 5.74) is 0.652. The van der Waals surface area contributed by atoms with E-state index in [0.29, 0.717) is 42.7 Å². The molecule has 0 aromatic heterocycles. The number of aliphatic imine (C=N–C) groups is 1. The SMILES string of the molecule is CCNC(=NCC(=O)NC(C)(C)C)NCCc1c(OC)cc(OC)cc1OC. The maximum absolute atomic E-state index is 12.0. The van der Waals surface area contributed by atoms with Gasteiger partial charge < -0.3 is 30.2 Å². The Hall–Kier alpha value is -2.64. The largest absolute Gasteiger partial charge is 0.496 e. The van der Waals surface area contributed by atoms with Crippen LogP contribution in [-0.2, 0) is 11.2 Å². The number of nitrogens with zero attached hydrogens (tertiary/aromatic N) is 1. The summed E-state index contributed by atoms with van der Waals surface area (Å²) in [7, 11) is 4.83. The first-order valence-corrected chi connectivity index (χ1v) is 9.36. The Balaban J connectivity index is 2.77. The van der Waals surface area contributed by atoms with Crippen molar-refractivity contribution < 1.29 is 19.0 Å². The Morgan fingerprint density at radius 3 is 2.11 bits per heavy atom. The first-order valence-electron chi connectivity index (χ1n) is 9.36. The molecule has 0 atom stereocenters. The summed E-state index contributed by atoms with van der Waals surface area (Å²) in [6.07, 6.45) is 0.648. The van der Waals surface area contributed by atoms with E-state index >= 15 is 0 Å². The minimum absolute atomic E-state index is 0.0573. The average molecular weight is 395 g/mol. The zero-order valence-electron chi connectivity index (χ0n) is 18.1. The molecule has 1 rings (SSSR count). The van der Waals surface area contributed by atoms with Gasteiger partial charge in [-0.15, -0.1) is 0 Å². The lowest BCUT2D eigenvalue weighted by Crippen LogP contribution is -2.43. The fourth-order valence-corrected chi connectivity index (χ4v) is 2.58. The zero-order valence-corrected chi connectivity index (χ0v) is 18.1. The maximum Gasteiger partial charge on any atom is 0.242 e. The molecule has 0 fully saturated rings. The summed E-state index contributed by atoms with van der Waals surface area (Å²) < 4.78 is 16.2. The molecule has 0 saturated heterocycles. The number of nitrogens with one attached hydrogen (secondary N) is 3. The zero-order chi connectivity index (χ0) is 21.2. The number of guanidine groups is 1. The maximum atomic E-state index is 12.0. The monoisotopic (exact) mass is 394 g/mol. The molecular weight excluding hydrogens is 360 g/mol. The van der Waals surface area contributed by atoms with Crippen molar-refractivity contribution in [1.29, 1.82) is 0 Å². The van der Waals surface area contributed by atoms with Crippen molar-refractivity contribution in [1.82, 2.24) is 16.0 Å². The first-order chi connectivity index (χ1) is 13.2. The van der Waals surface area contributed by atoms with Crippen molar-refractivity contribution in [2.45, 2.75) is 39.7 Å². The van der Waals surface area contributed by atoms with Crippen LogP contribution in [0.1, 0.15) is 33.3 Å². The van der Waals surface area contributed by atoms with Gasteiger partial charge in [-0.25, -0.2) is 4.99 Å². The Morgan fingerprint density at radius 2 is 1.64 bits per heavy atom. The van der Waals surface area contributed by atoms with Gasteiger partial charge in [0.1, 0.15) is 23.8 Å². The van der Waals surface area contributed by atoms with E-state index in [2.05, 4.69) is 20.9 Å². The van der Waals surface area contributed by atoms with Gasteiger partial charge in [-0.1, -0.05) is 0 Å². The second-order valence-corrected chi connectivity index (χ2v) is 7.18. The van der Waals surface area contributed by atoms with Crippen molar-refractivity contribution in [2.75, 3.05) is 41.0 Å². The third-order valence-electron chi connectivity index (χ3n) is 3.72. The van der Waals surface area contributed by atoms with E-state index in [4.69, 9.17) is 14.2 Å². The van der Waals surface area contributed by atoms with Gasteiger partial charge in [0.15, 0.2) is 5.96 Å². The lowest BCUT2D eigenvalue weighted by atomic mass is 10.1. The van der Waals surface area contributed by atoms with Crippen LogP contribution < -0.4 is 30.2 Å². The van der Waals surface area contributed by atoms with Gasteiger partial charge in [0.05, 0.1) is 21.3 Å². The topological polar surface area (TPSA) is 93.2 Å². The molecule has 1 aromatic rings. The summed E-state index contributed by atoms with van der Waals surface area (Å²) in [6, 6.07) is 3.65. The normalized spacial score (nSPS) is 11.6. The molecule has 0 heterocycles. The highest BCUT2D eigenvalue weighted by Crippen LogP contribution is 2.34. The minimum atomic E-state index is -0.278. The predicted octanol–water partition coefficient (Wildman–Crippen LogP) is 1.72. The highest BCUT2D eigenvalue weighted by Gasteiger charge is 2.14. The molecule has 0 aliphatic heterocycles. The van der Waals surface area contributed by atoms with E-state index < -0.39 is 0 Å². The molecule has 0 unspecified atom stereocenters. The standard InChI is InChI=1S/C20H34N4O4/c1-8-21-19(23-13-18(25)24-20(2,3)4)22-10-9-15-16(27-6)11-14(26-5)12-17(15)28-7/h11-12H,8-10,13H2,1-7H3,(H,24,25)(H2,21,22,23). The Labute approximate surface area is 168 Å². The van der Waals surface area contributed by atoms with Crippen LogP contribution in [0, 0.1) is 0 Å². The van der Waals surface area contributed by atoms with Crippen LogP contribution in [0.3, 0.4) is 0 Å². The Kier molecular flexibility index (Phi) is 9.41. The second-order valence-electron chi connectivity index (χ2n) is 7.18. The average Bonchev–Trinajstić information content (AvgIpc) is 2.64.